The highest BCUT2D eigenvalue weighted by molar-refractivity contribution is 5.92. The number of ether oxygens (including phenoxy) is 2. The first-order valence-corrected chi connectivity index (χ1v) is 10.1. The molecule has 1 fully saturated rings. The van der Waals surface area contributed by atoms with Gasteiger partial charge >= 0.3 is 0 Å². The van der Waals surface area contributed by atoms with Gasteiger partial charge in [-0.2, -0.15) is 0 Å². The Morgan fingerprint density at radius 1 is 0.968 bits per heavy atom. The fraction of sp³-hybridized carbons (Fsp3) is 0.217. The van der Waals surface area contributed by atoms with Crippen molar-refractivity contribution in [2.75, 3.05) is 37.9 Å². The van der Waals surface area contributed by atoms with Crippen LogP contribution < -0.4 is 14.4 Å². The second-order valence-corrected chi connectivity index (χ2v) is 7.28. The number of nitrogens with zero attached hydrogens (tertiary/aromatic N) is 5. The van der Waals surface area contributed by atoms with Crippen LogP contribution in [0, 0.1) is 0 Å². The predicted molar refractivity (Wildman–Crippen MR) is 116 cm³/mol. The number of fused-ring (bicyclic) bond motifs is 1. The molecule has 0 radical (unpaired) electrons. The molecule has 8 nitrogen and oxygen atoms in total. The molecule has 0 atom stereocenters. The Kier molecular flexibility index (Phi) is 5.18. The molecule has 0 N–H and O–H groups in total. The molecule has 5 rings (SSSR count). The van der Waals surface area contributed by atoms with E-state index in [4.69, 9.17) is 9.47 Å². The van der Waals surface area contributed by atoms with E-state index >= 15 is 0 Å². The quantitative estimate of drug-likeness (QED) is 0.606. The number of pyridine rings is 1. The van der Waals surface area contributed by atoms with Gasteiger partial charge < -0.3 is 19.3 Å². The Labute approximate surface area is 179 Å². The first-order chi connectivity index (χ1) is 15.3. The van der Waals surface area contributed by atoms with Gasteiger partial charge in [0.1, 0.15) is 0 Å². The number of amides is 1. The van der Waals surface area contributed by atoms with Crippen LogP contribution in [0.25, 0.3) is 17.3 Å². The van der Waals surface area contributed by atoms with Crippen LogP contribution in [0.15, 0.2) is 60.9 Å². The summed E-state index contributed by atoms with van der Waals surface area (Å²) in [5.74, 6) is 2.25. The van der Waals surface area contributed by atoms with Gasteiger partial charge in [-0.1, -0.05) is 6.07 Å². The van der Waals surface area contributed by atoms with E-state index in [1.807, 2.05) is 47.4 Å². The number of carbonyl (C=O) groups is 1. The summed E-state index contributed by atoms with van der Waals surface area (Å²) in [5, 5.41) is 8.69. The molecule has 0 saturated carbocycles. The Morgan fingerprint density at radius 2 is 1.84 bits per heavy atom. The summed E-state index contributed by atoms with van der Waals surface area (Å²) in [6, 6.07) is 13.4. The minimum atomic E-state index is -0.00433. The average molecular weight is 415 g/mol. The van der Waals surface area contributed by atoms with Crippen molar-refractivity contribution >= 4 is 17.8 Å². The van der Waals surface area contributed by atoms with Crippen LogP contribution in [0.3, 0.4) is 0 Å². The van der Waals surface area contributed by atoms with Crippen LogP contribution in [0.2, 0.25) is 0 Å². The highest BCUT2D eigenvalue weighted by Crippen LogP contribution is 2.32. The van der Waals surface area contributed by atoms with Crippen LogP contribution in [0.5, 0.6) is 11.5 Å². The van der Waals surface area contributed by atoms with Gasteiger partial charge in [0.25, 0.3) is 0 Å². The maximum atomic E-state index is 12.6. The number of carbonyl (C=O) groups excluding carboxylic acids is 1. The molecule has 31 heavy (non-hydrogen) atoms. The normalized spacial score (nSPS) is 15.5. The van der Waals surface area contributed by atoms with E-state index in [-0.39, 0.29) is 12.7 Å². The highest BCUT2D eigenvalue weighted by atomic mass is 16.7. The van der Waals surface area contributed by atoms with Gasteiger partial charge in [-0.05, 0) is 48.0 Å². The lowest BCUT2D eigenvalue weighted by Crippen LogP contribution is -2.48. The van der Waals surface area contributed by atoms with Crippen LogP contribution >= 0.6 is 0 Å². The lowest BCUT2D eigenvalue weighted by atomic mass is 10.2. The predicted octanol–water partition coefficient (Wildman–Crippen LogP) is 2.63. The summed E-state index contributed by atoms with van der Waals surface area (Å²) in [7, 11) is 0. The minimum Gasteiger partial charge on any atom is -0.454 e. The highest BCUT2D eigenvalue weighted by Gasteiger charge is 2.21. The van der Waals surface area contributed by atoms with Crippen molar-refractivity contribution in [3.63, 3.8) is 0 Å². The molecule has 0 unspecified atom stereocenters. The van der Waals surface area contributed by atoms with Crippen LogP contribution in [0.1, 0.15) is 5.56 Å². The summed E-state index contributed by atoms with van der Waals surface area (Å²) in [6.07, 6.45) is 6.91. The zero-order valence-electron chi connectivity index (χ0n) is 16.8. The van der Waals surface area contributed by atoms with Gasteiger partial charge in [0.2, 0.25) is 12.7 Å². The van der Waals surface area contributed by atoms with Crippen molar-refractivity contribution in [3.8, 4) is 22.8 Å². The molecular weight excluding hydrogens is 394 g/mol. The maximum Gasteiger partial charge on any atom is 0.246 e. The molecular formula is C23H21N5O3. The lowest BCUT2D eigenvalue weighted by molar-refractivity contribution is -0.126. The van der Waals surface area contributed by atoms with E-state index in [1.165, 1.54) is 0 Å². The SMILES string of the molecule is O=C(C=Cc1ccc2c(c1)OCO2)N1CCN(c2ccc(-c3cccnc3)nn2)CC1. The van der Waals surface area contributed by atoms with E-state index in [0.29, 0.717) is 31.9 Å². The fourth-order valence-electron chi connectivity index (χ4n) is 3.61. The van der Waals surface area contributed by atoms with Crippen molar-refractivity contribution in [2.24, 2.45) is 0 Å². The second kappa shape index (κ2) is 8.43. The minimum absolute atomic E-state index is 0.00433. The van der Waals surface area contributed by atoms with Crippen molar-refractivity contribution < 1.29 is 14.3 Å². The van der Waals surface area contributed by atoms with Gasteiger partial charge in [-0.25, -0.2) is 0 Å². The summed E-state index contributed by atoms with van der Waals surface area (Å²) in [4.78, 5) is 20.7. The van der Waals surface area contributed by atoms with Gasteiger partial charge in [-0.3, -0.25) is 9.78 Å². The molecule has 0 aliphatic carbocycles. The molecule has 1 aromatic carbocycles. The molecule has 4 heterocycles. The number of anilines is 1. The molecule has 8 heteroatoms. The molecule has 0 spiro atoms. The van der Waals surface area contributed by atoms with E-state index in [2.05, 4.69) is 20.1 Å². The van der Waals surface area contributed by atoms with Crippen molar-refractivity contribution in [1.82, 2.24) is 20.1 Å². The summed E-state index contributed by atoms with van der Waals surface area (Å²) in [6.45, 7) is 2.93. The smallest absolute Gasteiger partial charge is 0.246 e. The first kappa shape index (κ1) is 19.0. The summed E-state index contributed by atoms with van der Waals surface area (Å²) in [5.41, 5.74) is 2.63. The Balaban J connectivity index is 1.17. The molecule has 3 aromatic rings. The lowest BCUT2D eigenvalue weighted by Gasteiger charge is -2.34. The number of piperazine rings is 1. The van der Waals surface area contributed by atoms with Crippen molar-refractivity contribution in [2.45, 2.75) is 0 Å². The van der Waals surface area contributed by atoms with Crippen molar-refractivity contribution in [3.05, 3.63) is 66.5 Å². The summed E-state index contributed by atoms with van der Waals surface area (Å²) >= 11 is 0. The number of hydrogen-bond acceptors (Lipinski definition) is 7. The third kappa shape index (κ3) is 4.18. The second-order valence-electron chi connectivity index (χ2n) is 7.28. The Morgan fingerprint density at radius 3 is 2.61 bits per heavy atom. The van der Waals surface area contributed by atoms with E-state index in [0.717, 1.165) is 28.4 Å². The molecule has 1 amide bonds. The Hall–Kier alpha value is -3.94. The van der Waals surface area contributed by atoms with E-state index in [1.54, 1.807) is 24.5 Å². The number of rotatable bonds is 4. The van der Waals surface area contributed by atoms with Crippen LogP contribution in [0.4, 0.5) is 5.82 Å². The van der Waals surface area contributed by atoms with Crippen molar-refractivity contribution in [1.29, 1.82) is 0 Å². The average Bonchev–Trinajstić information content (AvgIpc) is 3.31. The van der Waals surface area contributed by atoms with Crippen LogP contribution in [-0.4, -0.2) is 59.0 Å². The topological polar surface area (TPSA) is 80.7 Å². The first-order valence-electron chi connectivity index (χ1n) is 10.1. The van der Waals surface area contributed by atoms with Gasteiger partial charge in [0, 0.05) is 50.2 Å². The van der Waals surface area contributed by atoms with E-state index < -0.39 is 0 Å². The standard InChI is InChI=1S/C23H21N5O3/c29-23(8-4-17-3-6-20-21(14-17)31-16-30-20)28-12-10-27(11-13-28)22-7-5-19(25-26-22)18-2-1-9-24-15-18/h1-9,14-15H,10-13,16H2. The third-order valence-corrected chi connectivity index (χ3v) is 5.34. The fourth-order valence-corrected chi connectivity index (χ4v) is 3.61. The van der Waals surface area contributed by atoms with Gasteiger partial charge in [0.05, 0.1) is 5.69 Å². The molecule has 2 aromatic heterocycles. The third-order valence-electron chi connectivity index (χ3n) is 5.34. The molecule has 156 valence electrons. The molecule has 1 saturated heterocycles. The zero-order valence-corrected chi connectivity index (χ0v) is 16.8. The number of benzene rings is 1. The largest absolute Gasteiger partial charge is 0.454 e. The molecule has 2 aliphatic rings. The number of hydrogen-bond donors (Lipinski definition) is 0. The van der Waals surface area contributed by atoms with Gasteiger partial charge in [0.15, 0.2) is 17.3 Å². The van der Waals surface area contributed by atoms with E-state index in [9.17, 15) is 4.79 Å². The summed E-state index contributed by atoms with van der Waals surface area (Å²) < 4.78 is 10.7. The maximum absolute atomic E-state index is 12.6. The molecule has 2 aliphatic heterocycles. The van der Waals surface area contributed by atoms with Gasteiger partial charge in [-0.15, -0.1) is 10.2 Å². The number of aromatic nitrogens is 3. The zero-order chi connectivity index (χ0) is 21.0. The van der Waals surface area contributed by atoms with Crippen LogP contribution in [-0.2, 0) is 4.79 Å². The Bertz CT molecular complexity index is 1090. The molecule has 0 bridgehead atoms. The monoisotopic (exact) mass is 415 g/mol.